The van der Waals surface area contributed by atoms with Gasteiger partial charge < -0.3 is 0 Å². The summed E-state index contributed by atoms with van der Waals surface area (Å²) in [7, 11) is 0. The number of benzene rings is 3. The lowest BCUT2D eigenvalue weighted by molar-refractivity contribution is -0.137. The average molecular weight is 438 g/mol. The molecule has 3 aromatic carbocycles. The van der Waals surface area contributed by atoms with Gasteiger partial charge in [-0.3, -0.25) is 0 Å². The quantitative estimate of drug-likeness (QED) is 0.277. The van der Waals surface area contributed by atoms with Crippen molar-refractivity contribution in [2.45, 2.75) is 25.9 Å². The maximum Gasteiger partial charge on any atom is 0.416 e. The maximum atomic E-state index is 14.5. The number of hydrogen-bond acceptors (Lipinski definition) is 0. The monoisotopic (exact) mass is 438 g/mol. The Hall–Kier alpha value is -3.09. The van der Waals surface area contributed by atoms with Crippen molar-refractivity contribution in [3.8, 4) is 11.1 Å². The molecule has 0 unspecified atom stereocenters. The first-order chi connectivity index (χ1) is 14.6. The lowest BCUT2D eigenvalue weighted by Crippen LogP contribution is -2.04. The Labute approximate surface area is 174 Å². The first kappa shape index (κ1) is 22.6. The molecule has 0 radical (unpaired) electrons. The number of alkyl halides is 3. The summed E-state index contributed by atoms with van der Waals surface area (Å²) >= 11 is 0. The van der Waals surface area contributed by atoms with E-state index in [2.05, 4.69) is 0 Å². The van der Waals surface area contributed by atoms with Gasteiger partial charge in [-0.1, -0.05) is 49.7 Å². The highest BCUT2D eigenvalue weighted by Crippen LogP contribution is 2.36. The molecule has 0 fully saturated rings. The van der Waals surface area contributed by atoms with Crippen molar-refractivity contribution < 1.29 is 30.7 Å². The molecular formula is C24H17F7. The summed E-state index contributed by atoms with van der Waals surface area (Å²) in [4.78, 5) is 0. The second-order valence-electron chi connectivity index (χ2n) is 6.96. The van der Waals surface area contributed by atoms with Crippen LogP contribution in [0.1, 0.15) is 35.6 Å². The van der Waals surface area contributed by atoms with E-state index in [4.69, 9.17) is 0 Å². The van der Waals surface area contributed by atoms with Gasteiger partial charge in [0.1, 0.15) is 11.6 Å². The van der Waals surface area contributed by atoms with Crippen molar-refractivity contribution in [2.24, 2.45) is 0 Å². The molecule has 0 aliphatic carbocycles. The Kier molecular flexibility index (Phi) is 6.53. The Balaban J connectivity index is 1.96. The molecule has 0 amide bonds. The molecule has 0 heterocycles. The molecule has 0 atom stereocenters. The zero-order valence-corrected chi connectivity index (χ0v) is 16.3. The molecule has 0 nitrogen and oxygen atoms in total. The zero-order chi connectivity index (χ0) is 22.8. The van der Waals surface area contributed by atoms with Gasteiger partial charge in [-0.25, -0.2) is 17.6 Å². The van der Waals surface area contributed by atoms with Crippen molar-refractivity contribution in [1.29, 1.82) is 0 Å². The van der Waals surface area contributed by atoms with E-state index < -0.39 is 46.2 Å². The van der Waals surface area contributed by atoms with Crippen LogP contribution in [0.25, 0.3) is 22.8 Å². The Morgan fingerprint density at radius 2 is 1.29 bits per heavy atom. The summed E-state index contributed by atoms with van der Waals surface area (Å²) in [6, 6.07) is 11.2. The molecule has 7 heteroatoms. The largest absolute Gasteiger partial charge is 0.416 e. The van der Waals surface area contributed by atoms with Crippen LogP contribution in [-0.2, 0) is 12.6 Å². The second kappa shape index (κ2) is 8.96. The summed E-state index contributed by atoms with van der Waals surface area (Å²) < 4.78 is 95.8. The lowest BCUT2D eigenvalue weighted by atomic mass is 9.99. The summed E-state index contributed by atoms with van der Waals surface area (Å²) in [6.07, 6.45) is -2.87. The fraction of sp³-hybridized carbons (Fsp3) is 0.167. The highest BCUT2D eigenvalue weighted by Gasteiger charge is 2.30. The maximum absolute atomic E-state index is 14.5. The third kappa shape index (κ3) is 4.98. The molecular weight excluding hydrogens is 421 g/mol. The molecule has 31 heavy (non-hydrogen) atoms. The number of rotatable bonds is 5. The number of aryl methyl sites for hydroxylation is 1. The van der Waals surface area contributed by atoms with Crippen LogP contribution in [0.4, 0.5) is 30.7 Å². The molecule has 0 aliphatic heterocycles. The predicted molar refractivity (Wildman–Crippen MR) is 106 cm³/mol. The molecule has 0 aromatic heterocycles. The Morgan fingerprint density at radius 1 is 0.742 bits per heavy atom. The van der Waals surface area contributed by atoms with Gasteiger partial charge in [-0.15, -0.1) is 0 Å². The van der Waals surface area contributed by atoms with Gasteiger partial charge in [0.2, 0.25) is 0 Å². The summed E-state index contributed by atoms with van der Waals surface area (Å²) in [6.45, 7) is 2.02. The van der Waals surface area contributed by atoms with E-state index in [0.717, 1.165) is 30.5 Å². The predicted octanol–water partition coefficient (Wildman–Crippen LogP) is 8.37. The summed E-state index contributed by atoms with van der Waals surface area (Å²) in [5.74, 6) is -6.15. The van der Waals surface area contributed by atoms with Crippen LogP contribution in [0.2, 0.25) is 0 Å². The first-order valence-electron chi connectivity index (χ1n) is 9.43. The van der Waals surface area contributed by atoms with E-state index in [0.29, 0.717) is 29.8 Å². The number of halogens is 7. The van der Waals surface area contributed by atoms with Gasteiger partial charge in [0, 0.05) is 5.56 Å². The van der Waals surface area contributed by atoms with Gasteiger partial charge >= 0.3 is 6.18 Å². The van der Waals surface area contributed by atoms with Crippen LogP contribution in [0.5, 0.6) is 0 Å². The highest BCUT2D eigenvalue weighted by molar-refractivity contribution is 5.84. The molecule has 3 aromatic rings. The Morgan fingerprint density at radius 3 is 1.77 bits per heavy atom. The Bertz CT molecular complexity index is 1070. The SMILES string of the molecule is CCCc1ccc(-c2cc(F)c(C(F)=C(F)c3ccc(C(F)(F)F)cc3)c(F)c2)cc1. The molecule has 3 rings (SSSR count). The fourth-order valence-electron chi connectivity index (χ4n) is 3.14. The van der Waals surface area contributed by atoms with Crippen LogP contribution in [0.3, 0.4) is 0 Å². The fourth-order valence-corrected chi connectivity index (χ4v) is 3.14. The van der Waals surface area contributed by atoms with Gasteiger partial charge in [0.05, 0.1) is 11.1 Å². The molecule has 0 saturated carbocycles. The van der Waals surface area contributed by atoms with E-state index in [1.807, 2.05) is 19.1 Å². The normalized spacial score (nSPS) is 12.6. The van der Waals surface area contributed by atoms with Crippen LogP contribution in [0, 0.1) is 11.6 Å². The molecule has 0 saturated heterocycles. The van der Waals surface area contributed by atoms with Crippen LogP contribution in [-0.4, -0.2) is 0 Å². The van der Waals surface area contributed by atoms with E-state index in [-0.39, 0.29) is 5.56 Å². The third-order valence-electron chi connectivity index (χ3n) is 4.75. The van der Waals surface area contributed by atoms with Crippen molar-refractivity contribution in [2.75, 3.05) is 0 Å². The van der Waals surface area contributed by atoms with Gasteiger partial charge in [0.15, 0.2) is 11.7 Å². The van der Waals surface area contributed by atoms with Crippen LogP contribution < -0.4 is 0 Å². The molecule has 0 bridgehead atoms. The van der Waals surface area contributed by atoms with Crippen LogP contribution in [0.15, 0.2) is 60.7 Å². The minimum atomic E-state index is -4.65. The summed E-state index contributed by atoms with van der Waals surface area (Å²) in [5.41, 5.74) is -1.16. The zero-order valence-electron chi connectivity index (χ0n) is 16.3. The lowest BCUT2D eigenvalue weighted by Gasteiger charge is -2.10. The van der Waals surface area contributed by atoms with E-state index >= 15 is 0 Å². The molecule has 0 aliphatic rings. The second-order valence-corrected chi connectivity index (χ2v) is 6.96. The van der Waals surface area contributed by atoms with E-state index in [1.165, 1.54) is 0 Å². The minimum absolute atomic E-state index is 0.143. The van der Waals surface area contributed by atoms with Crippen molar-refractivity contribution in [3.05, 3.63) is 94.6 Å². The average Bonchev–Trinajstić information content (AvgIpc) is 2.73. The third-order valence-corrected chi connectivity index (χ3v) is 4.75. The smallest absolute Gasteiger partial charge is 0.206 e. The topological polar surface area (TPSA) is 0 Å². The molecule has 0 N–H and O–H groups in total. The van der Waals surface area contributed by atoms with Gasteiger partial charge in [0.25, 0.3) is 0 Å². The van der Waals surface area contributed by atoms with E-state index in [9.17, 15) is 30.7 Å². The van der Waals surface area contributed by atoms with Crippen LogP contribution >= 0.6 is 0 Å². The van der Waals surface area contributed by atoms with Crippen molar-refractivity contribution in [1.82, 2.24) is 0 Å². The van der Waals surface area contributed by atoms with E-state index in [1.54, 1.807) is 12.1 Å². The summed E-state index contributed by atoms with van der Waals surface area (Å²) in [5, 5.41) is 0. The first-order valence-corrected chi connectivity index (χ1v) is 9.43. The van der Waals surface area contributed by atoms with Gasteiger partial charge in [-0.2, -0.15) is 13.2 Å². The van der Waals surface area contributed by atoms with Crippen molar-refractivity contribution >= 4 is 11.7 Å². The van der Waals surface area contributed by atoms with Crippen molar-refractivity contribution in [3.63, 3.8) is 0 Å². The highest BCUT2D eigenvalue weighted by atomic mass is 19.4. The molecule has 162 valence electrons. The number of hydrogen-bond donors (Lipinski definition) is 0. The van der Waals surface area contributed by atoms with Gasteiger partial charge in [-0.05, 0) is 47.4 Å². The minimum Gasteiger partial charge on any atom is -0.206 e. The molecule has 0 spiro atoms. The standard InChI is InChI=1S/C24H17F7/c1-2-3-14-4-6-15(7-5-14)17-12-19(25)21(20(26)13-17)23(28)22(27)16-8-10-18(11-9-16)24(29,30)31/h4-13H,2-3H2,1H3.